The molecule has 0 radical (unpaired) electrons. The average Bonchev–Trinajstić information content (AvgIpc) is 2.12. The molecule has 13 heavy (non-hydrogen) atoms. The largest absolute Gasteiger partial charge is 0.505 e. The van der Waals surface area contributed by atoms with Crippen molar-refractivity contribution in [3.05, 3.63) is 27.7 Å². The van der Waals surface area contributed by atoms with Crippen molar-refractivity contribution in [2.75, 3.05) is 6.54 Å². The molecule has 0 amide bonds. The molecule has 1 rings (SSSR count). The van der Waals surface area contributed by atoms with E-state index in [1.54, 1.807) is 12.1 Å². The van der Waals surface area contributed by atoms with Crippen molar-refractivity contribution in [2.24, 2.45) is 11.5 Å². The van der Waals surface area contributed by atoms with E-state index in [9.17, 15) is 5.11 Å². The third-order valence-corrected chi connectivity index (χ3v) is 2.30. The van der Waals surface area contributed by atoms with Gasteiger partial charge in [0.1, 0.15) is 0 Å². The smallest absolute Gasteiger partial charge is 0.152 e. The summed E-state index contributed by atoms with van der Waals surface area (Å²) in [5, 5.41) is 9.62. The molecular weight excluding hydrogens is 211 g/mol. The van der Waals surface area contributed by atoms with E-state index in [2.05, 4.69) is 0 Å². The predicted octanol–water partition coefficient (Wildman–Crippen LogP) is 1.66. The summed E-state index contributed by atoms with van der Waals surface area (Å²) in [6.07, 6.45) is 0. The Morgan fingerprint density at radius 2 is 1.77 bits per heavy atom. The Balaban J connectivity index is 3.13. The summed E-state index contributed by atoms with van der Waals surface area (Å²) >= 11 is 11.4. The Bertz CT molecular complexity index is 294. The molecular formula is C8H10Cl2N2O. The molecule has 0 bridgehead atoms. The minimum Gasteiger partial charge on any atom is -0.505 e. The van der Waals surface area contributed by atoms with Crippen LogP contribution in [0, 0.1) is 0 Å². The average molecular weight is 221 g/mol. The third kappa shape index (κ3) is 2.25. The van der Waals surface area contributed by atoms with Crippen LogP contribution in [0.15, 0.2) is 12.1 Å². The number of benzene rings is 1. The normalized spacial score (nSPS) is 12.9. The van der Waals surface area contributed by atoms with Gasteiger partial charge < -0.3 is 16.6 Å². The number of rotatable bonds is 2. The van der Waals surface area contributed by atoms with Crippen molar-refractivity contribution in [1.82, 2.24) is 0 Å². The van der Waals surface area contributed by atoms with Gasteiger partial charge >= 0.3 is 0 Å². The lowest BCUT2D eigenvalue weighted by Gasteiger charge is -2.10. The van der Waals surface area contributed by atoms with Crippen LogP contribution in [0.25, 0.3) is 0 Å². The van der Waals surface area contributed by atoms with Crippen LogP contribution in [0.1, 0.15) is 11.6 Å². The number of phenolic OH excluding ortho intramolecular Hbond substituents is 1. The van der Waals surface area contributed by atoms with Gasteiger partial charge in [0.25, 0.3) is 0 Å². The molecule has 0 saturated carbocycles. The number of nitrogens with two attached hydrogens (primary N) is 2. The first-order chi connectivity index (χ1) is 6.06. The number of halogens is 2. The molecule has 0 heterocycles. The molecule has 1 atom stereocenters. The molecule has 1 aromatic rings. The maximum absolute atomic E-state index is 9.25. The minimum atomic E-state index is -0.310. The summed E-state index contributed by atoms with van der Waals surface area (Å²) in [6.45, 7) is 0.303. The number of phenols is 1. The van der Waals surface area contributed by atoms with E-state index >= 15 is 0 Å². The van der Waals surface area contributed by atoms with Crippen molar-refractivity contribution in [3.63, 3.8) is 0 Å². The molecule has 3 nitrogen and oxygen atoms in total. The standard InChI is InChI=1S/C8H10Cl2N2O/c9-5-1-4(7(12)3-11)2-6(10)8(5)13/h1-2,7,13H,3,11-12H2/t7-/m1/s1. The highest BCUT2D eigenvalue weighted by Crippen LogP contribution is 2.33. The monoisotopic (exact) mass is 220 g/mol. The zero-order valence-corrected chi connectivity index (χ0v) is 8.31. The van der Waals surface area contributed by atoms with E-state index in [4.69, 9.17) is 34.7 Å². The van der Waals surface area contributed by atoms with Gasteiger partial charge in [-0.3, -0.25) is 0 Å². The van der Waals surface area contributed by atoms with Crippen molar-refractivity contribution >= 4 is 23.2 Å². The molecule has 1 aromatic carbocycles. The fraction of sp³-hybridized carbons (Fsp3) is 0.250. The van der Waals surface area contributed by atoms with Gasteiger partial charge in [0.2, 0.25) is 0 Å². The summed E-state index contributed by atoms with van der Waals surface area (Å²) in [7, 11) is 0. The lowest BCUT2D eigenvalue weighted by molar-refractivity contribution is 0.475. The maximum atomic E-state index is 9.25. The maximum Gasteiger partial charge on any atom is 0.152 e. The van der Waals surface area contributed by atoms with Crippen LogP contribution in [0.5, 0.6) is 5.75 Å². The van der Waals surface area contributed by atoms with E-state index in [1.165, 1.54) is 0 Å². The van der Waals surface area contributed by atoms with Crippen LogP contribution < -0.4 is 11.5 Å². The highest BCUT2D eigenvalue weighted by molar-refractivity contribution is 6.37. The van der Waals surface area contributed by atoms with E-state index in [0.29, 0.717) is 6.54 Å². The SMILES string of the molecule is NC[C@@H](N)c1cc(Cl)c(O)c(Cl)c1. The van der Waals surface area contributed by atoms with E-state index in [0.717, 1.165) is 5.56 Å². The summed E-state index contributed by atoms with van der Waals surface area (Å²) in [5.74, 6) is -0.128. The second kappa shape index (κ2) is 4.15. The van der Waals surface area contributed by atoms with E-state index in [-0.39, 0.29) is 21.8 Å². The fourth-order valence-corrected chi connectivity index (χ4v) is 1.44. The molecule has 0 aromatic heterocycles. The van der Waals surface area contributed by atoms with Gasteiger partial charge in [-0.1, -0.05) is 23.2 Å². The van der Waals surface area contributed by atoms with Crippen LogP contribution in [-0.4, -0.2) is 11.7 Å². The first kappa shape index (κ1) is 10.6. The van der Waals surface area contributed by atoms with Crippen molar-refractivity contribution in [2.45, 2.75) is 6.04 Å². The number of hydrogen-bond acceptors (Lipinski definition) is 3. The Hall–Kier alpha value is -0.480. The highest BCUT2D eigenvalue weighted by Gasteiger charge is 2.10. The van der Waals surface area contributed by atoms with Crippen LogP contribution in [0.2, 0.25) is 10.0 Å². The van der Waals surface area contributed by atoms with Gasteiger partial charge in [0, 0.05) is 12.6 Å². The Labute approximate surface area is 86.2 Å². The van der Waals surface area contributed by atoms with Crippen LogP contribution in [0.3, 0.4) is 0 Å². The second-order valence-electron chi connectivity index (χ2n) is 2.68. The van der Waals surface area contributed by atoms with Crippen molar-refractivity contribution in [3.8, 4) is 5.75 Å². The molecule has 0 spiro atoms. The summed E-state index contributed by atoms with van der Waals surface area (Å²) in [4.78, 5) is 0. The Morgan fingerprint density at radius 1 is 1.31 bits per heavy atom. The summed E-state index contributed by atoms with van der Waals surface area (Å²) in [5.41, 5.74) is 11.7. The van der Waals surface area contributed by atoms with Gasteiger partial charge in [-0.25, -0.2) is 0 Å². The van der Waals surface area contributed by atoms with Crippen LogP contribution >= 0.6 is 23.2 Å². The van der Waals surface area contributed by atoms with Gasteiger partial charge in [0.15, 0.2) is 5.75 Å². The van der Waals surface area contributed by atoms with Gasteiger partial charge in [0.05, 0.1) is 10.0 Å². The molecule has 72 valence electrons. The topological polar surface area (TPSA) is 72.3 Å². The van der Waals surface area contributed by atoms with Crippen molar-refractivity contribution in [1.29, 1.82) is 0 Å². The molecule has 0 fully saturated rings. The summed E-state index contributed by atoms with van der Waals surface area (Å²) in [6, 6.07) is 2.80. The quantitative estimate of drug-likeness (QED) is 0.710. The minimum absolute atomic E-state index is 0.128. The Morgan fingerprint density at radius 3 is 2.15 bits per heavy atom. The van der Waals surface area contributed by atoms with Gasteiger partial charge in [-0.05, 0) is 17.7 Å². The number of hydrogen-bond donors (Lipinski definition) is 3. The molecule has 0 aliphatic rings. The first-order valence-corrected chi connectivity index (χ1v) is 4.45. The summed E-state index contributed by atoms with van der Waals surface area (Å²) < 4.78 is 0. The van der Waals surface area contributed by atoms with Gasteiger partial charge in [-0.15, -0.1) is 0 Å². The predicted molar refractivity (Wildman–Crippen MR) is 54.1 cm³/mol. The molecule has 0 unspecified atom stereocenters. The van der Waals surface area contributed by atoms with Crippen LogP contribution in [-0.2, 0) is 0 Å². The molecule has 0 aliphatic heterocycles. The zero-order valence-electron chi connectivity index (χ0n) is 6.80. The molecule has 0 aliphatic carbocycles. The number of aromatic hydroxyl groups is 1. The first-order valence-electron chi connectivity index (χ1n) is 3.69. The van der Waals surface area contributed by atoms with Crippen molar-refractivity contribution < 1.29 is 5.11 Å². The molecule has 0 saturated heterocycles. The molecule has 5 heteroatoms. The fourth-order valence-electron chi connectivity index (χ4n) is 0.935. The Kier molecular flexibility index (Phi) is 3.39. The third-order valence-electron chi connectivity index (χ3n) is 1.72. The lowest BCUT2D eigenvalue weighted by Crippen LogP contribution is -2.20. The highest BCUT2D eigenvalue weighted by atomic mass is 35.5. The van der Waals surface area contributed by atoms with Crippen LogP contribution in [0.4, 0.5) is 0 Å². The molecule has 5 N–H and O–H groups in total. The lowest BCUT2D eigenvalue weighted by atomic mass is 10.1. The second-order valence-corrected chi connectivity index (χ2v) is 3.49. The zero-order chi connectivity index (χ0) is 10.0. The van der Waals surface area contributed by atoms with E-state index < -0.39 is 0 Å². The van der Waals surface area contributed by atoms with Gasteiger partial charge in [-0.2, -0.15) is 0 Å². The van der Waals surface area contributed by atoms with E-state index in [1.807, 2.05) is 0 Å².